The van der Waals surface area contributed by atoms with Crippen molar-refractivity contribution in [1.82, 2.24) is 10.6 Å². The lowest BCUT2D eigenvalue weighted by Crippen LogP contribution is -2.18. The number of hydrogen-bond acceptors (Lipinski definition) is 2. The van der Waals surface area contributed by atoms with Crippen LogP contribution in [0.15, 0.2) is 12.2 Å². The summed E-state index contributed by atoms with van der Waals surface area (Å²) in [6.45, 7) is 2.28. The molecule has 1 heterocycles. The summed E-state index contributed by atoms with van der Waals surface area (Å²) in [4.78, 5) is 0. The first-order valence-electron chi connectivity index (χ1n) is 4.48. The molecular formula is C9H18N2. The maximum atomic E-state index is 3.43. The Hall–Kier alpha value is -0.340. The molecule has 2 nitrogen and oxygen atoms in total. The lowest BCUT2D eigenvalue weighted by molar-refractivity contribution is 0.720. The van der Waals surface area contributed by atoms with E-state index in [-0.39, 0.29) is 0 Å². The number of rotatable bonds is 4. The zero-order valence-corrected chi connectivity index (χ0v) is 7.27. The highest BCUT2D eigenvalue weighted by Crippen LogP contribution is 2.05. The molecule has 1 rings (SSSR count). The second kappa shape index (κ2) is 5.33. The van der Waals surface area contributed by atoms with Gasteiger partial charge in [0, 0.05) is 6.04 Å². The average Bonchev–Trinajstić information content (AvgIpc) is 2.50. The standard InChI is InChI=1S/C9H18N2/c1-10-7-3-2-5-9-6-4-8-11-9/h2,5,9-11H,3-4,6-8H2,1H3/b5-2-. The molecule has 2 heteroatoms. The van der Waals surface area contributed by atoms with Gasteiger partial charge >= 0.3 is 0 Å². The molecule has 1 saturated heterocycles. The highest BCUT2D eigenvalue weighted by molar-refractivity contribution is 4.95. The first kappa shape index (κ1) is 8.75. The molecule has 64 valence electrons. The molecule has 0 aromatic heterocycles. The Morgan fingerprint density at radius 1 is 1.64 bits per heavy atom. The number of hydrogen-bond donors (Lipinski definition) is 2. The molecule has 1 unspecified atom stereocenters. The first-order chi connectivity index (χ1) is 5.43. The first-order valence-corrected chi connectivity index (χ1v) is 4.48. The van der Waals surface area contributed by atoms with Gasteiger partial charge in [-0.05, 0) is 39.4 Å². The van der Waals surface area contributed by atoms with Gasteiger partial charge in [0.1, 0.15) is 0 Å². The van der Waals surface area contributed by atoms with Crippen LogP contribution in [-0.2, 0) is 0 Å². The minimum Gasteiger partial charge on any atom is -0.319 e. The monoisotopic (exact) mass is 154 g/mol. The van der Waals surface area contributed by atoms with Crippen LogP contribution in [0.1, 0.15) is 19.3 Å². The van der Waals surface area contributed by atoms with Crippen LogP contribution in [0.5, 0.6) is 0 Å². The van der Waals surface area contributed by atoms with Crippen molar-refractivity contribution in [2.75, 3.05) is 20.1 Å². The van der Waals surface area contributed by atoms with Gasteiger partial charge in [-0.2, -0.15) is 0 Å². The summed E-state index contributed by atoms with van der Waals surface area (Å²) in [6, 6.07) is 0.659. The van der Waals surface area contributed by atoms with Crippen LogP contribution in [0.3, 0.4) is 0 Å². The fraction of sp³-hybridized carbons (Fsp3) is 0.778. The molecule has 2 N–H and O–H groups in total. The van der Waals surface area contributed by atoms with Gasteiger partial charge in [0.05, 0.1) is 0 Å². The molecule has 0 spiro atoms. The van der Waals surface area contributed by atoms with Crippen LogP contribution in [0.2, 0.25) is 0 Å². The molecule has 1 atom stereocenters. The summed E-state index contributed by atoms with van der Waals surface area (Å²) in [7, 11) is 1.99. The zero-order chi connectivity index (χ0) is 7.94. The molecule has 0 aliphatic carbocycles. The third-order valence-electron chi connectivity index (χ3n) is 2.03. The Bertz CT molecular complexity index is 115. The molecule has 0 saturated carbocycles. The van der Waals surface area contributed by atoms with Crippen molar-refractivity contribution in [2.24, 2.45) is 0 Å². The normalized spacial score (nSPS) is 25.0. The summed E-state index contributed by atoms with van der Waals surface area (Å²) < 4.78 is 0. The SMILES string of the molecule is CNCC/C=C\C1CCCN1. The van der Waals surface area contributed by atoms with Crippen molar-refractivity contribution < 1.29 is 0 Å². The van der Waals surface area contributed by atoms with E-state index in [1.165, 1.54) is 19.4 Å². The molecule has 0 radical (unpaired) electrons. The summed E-state index contributed by atoms with van der Waals surface area (Å²) in [5.41, 5.74) is 0. The van der Waals surface area contributed by atoms with Crippen molar-refractivity contribution >= 4 is 0 Å². The molecule has 0 aromatic rings. The zero-order valence-electron chi connectivity index (χ0n) is 7.27. The van der Waals surface area contributed by atoms with Crippen molar-refractivity contribution in [3.05, 3.63) is 12.2 Å². The van der Waals surface area contributed by atoms with E-state index in [2.05, 4.69) is 22.8 Å². The topological polar surface area (TPSA) is 24.1 Å². The summed E-state index contributed by atoms with van der Waals surface area (Å²) in [5, 5.41) is 6.55. The van der Waals surface area contributed by atoms with Crippen LogP contribution in [-0.4, -0.2) is 26.2 Å². The second-order valence-electron chi connectivity index (χ2n) is 3.02. The van der Waals surface area contributed by atoms with Crippen molar-refractivity contribution in [3.8, 4) is 0 Å². The Balaban J connectivity index is 2.03. The molecule has 0 aromatic carbocycles. The Labute approximate surface area is 69.1 Å². The largest absolute Gasteiger partial charge is 0.319 e. The maximum absolute atomic E-state index is 3.43. The minimum absolute atomic E-state index is 0.659. The van der Waals surface area contributed by atoms with E-state index in [0.29, 0.717) is 6.04 Å². The predicted octanol–water partition coefficient (Wildman–Crippen LogP) is 0.904. The summed E-state index contributed by atoms with van der Waals surface area (Å²) in [5.74, 6) is 0. The van der Waals surface area contributed by atoms with Crippen LogP contribution < -0.4 is 10.6 Å². The van der Waals surface area contributed by atoms with E-state index < -0.39 is 0 Å². The van der Waals surface area contributed by atoms with Gasteiger partial charge in [-0.15, -0.1) is 0 Å². The van der Waals surface area contributed by atoms with Crippen LogP contribution >= 0.6 is 0 Å². The third-order valence-corrected chi connectivity index (χ3v) is 2.03. The fourth-order valence-corrected chi connectivity index (χ4v) is 1.36. The van der Waals surface area contributed by atoms with Crippen molar-refractivity contribution in [3.63, 3.8) is 0 Å². The van der Waals surface area contributed by atoms with Gasteiger partial charge in [-0.1, -0.05) is 12.2 Å². The van der Waals surface area contributed by atoms with Gasteiger partial charge in [-0.3, -0.25) is 0 Å². The predicted molar refractivity (Wildman–Crippen MR) is 48.7 cm³/mol. The van der Waals surface area contributed by atoms with E-state index in [1.807, 2.05) is 7.05 Å². The lowest BCUT2D eigenvalue weighted by atomic mass is 10.2. The smallest absolute Gasteiger partial charge is 0.0250 e. The quantitative estimate of drug-likeness (QED) is 0.464. The average molecular weight is 154 g/mol. The van der Waals surface area contributed by atoms with Gasteiger partial charge in [0.2, 0.25) is 0 Å². The van der Waals surface area contributed by atoms with E-state index in [1.54, 1.807) is 0 Å². The lowest BCUT2D eigenvalue weighted by Gasteiger charge is -2.01. The van der Waals surface area contributed by atoms with Crippen molar-refractivity contribution in [1.29, 1.82) is 0 Å². The Kier molecular flexibility index (Phi) is 4.24. The van der Waals surface area contributed by atoms with Gasteiger partial charge in [0.25, 0.3) is 0 Å². The van der Waals surface area contributed by atoms with Gasteiger partial charge in [0.15, 0.2) is 0 Å². The summed E-state index contributed by atoms with van der Waals surface area (Å²) in [6.07, 6.45) is 8.36. The molecule has 1 aliphatic rings. The van der Waals surface area contributed by atoms with Gasteiger partial charge in [-0.25, -0.2) is 0 Å². The van der Waals surface area contributed by atoms with E-state index >= 15 is 0 Å². The second-order valence-corrected chi connectivity index (χ2v) is 3.02. The van der Waals surface area contributed by atoms with Crippen molar-refractivity contribution in [2.45, 2.75) is 25.3 Å². The van der Waals surface area contributed by atoms with Crippen LogP contribution in [0.25, 0.3) is 0 Å². The highest BCUT2D eigenvalue weighted by atomic mass is 14.9. The van der Waals surface area contributed by atoms with E-state index in [9.17, 15) is 0 Å². The summed E-state index contributed by atoms with van der Waals surface area (Å²) >= 11 is 0. The molecule has 11 heavy (non-hydrogen) atoms. The molecule has 0 amide bonds. The fourth-order valence-electron chi connectivity index (χ4n) is 1.36. The maximum Gasteiger partial charge on any atom is 0.0250 e. The highest BCUT2D eigenvalue weighted by Gasteiger charge is 2.08. The Morgan fingerprint density at radius 3 is 3.18 bits per heavy atom. The molecule has 0 bridgehead atoms. The van der Waals surface area contributed by atoms with Gasteiger partial charge < -0.3 is 10.6 Å². The van der Waals surface area contributed by atoms with Crippen LogP contribution in [0, 0.1) is 0 Å². The van der Waals surface area contributed by atoms with E-state index in [4.69, 9.17) is 0 Å². The minimum atomic E-state index is 0.659. The Morgan fingerprint density at radius 2 is 2.55 bits per heavy atom. The molecule has 1 aliphatic heterocycles. The number of nitrogens with one attached hydrogen (secondary N) is 2. The van der Waals surface area contributed by atoms with E-state index in [0.717, 1.165) is 13.0 Å². The third kappa shape index (κ3) is 3.54. The molecule has 1 fully saturated rings. The van der Waals surface area contributed by atoms with Crippen LogP contribution in [0.4, 0.5) is 0 Å². The molecular weight excluding hydrogens is 136 g/mol.